The van der Waals surface area contributed by atoms with E-state index in [9.17, 15) is 19.2 Å². The second kappa shape index (κ2) is 12.4. The summed E-state index contributed by atoms with van der Waals surface area (Å²) < 4.78 is 0. The number of hydrazone groups is 1. The van der Waals surface area contributed by atoms with Gasteiger partial charge in [0.25, 0.3) is 5.91 Å². The van der Waals surface area contributed by atoms with E-state index < -0.39 is 17.7 Å². The number of rotatable bonds is 7. The minimum atomic E-state index is -0.928. The third-order valence-corrected chi connectivity index (χ3v) is 8.38. The monoisotopic (exact) mass is 513 g/mol. The van der Waals surface area contributed by atoms with Gasteiger partial charge < -0.3 is 15.1 Å². The quantitative estimate of drug-likeness (QED) is 0.427. The van der Waals surface area contributed by atoms with Crippen molar-refractivity contribution in [2.75, 3.05) is 32.4 Å². The van der Waals surface area contributed by atoms with Crippen molar-refractivity contribution in [2.24, 2.45) is 16.9 Å². The van der Waals surface area contributed by atoms with Gasteiger partial charge in [-0.2, -0.15) is 0 Å². The van der Waals surface area contributed by atoms with Gasteiger partial charge in [-0.15, -0.1) is 5.10 Å². The van der Waals surface area contributed by atoms with Crippen LogP contribution in [0.1, 0.15) is 55.3 Å². The van der Waals surface area contributed by atoms with Gasteiger partial charge in [-0.3, -0.25) is 19.2 Å². The number of benzene rings is 1. The maximum absolute atomic E-state index is 13.3. The molecule has 194 valence electrons. The van der Waals surface area contributed by atoms with Crippen molar-refractivity contribution in [2.45, 2.75) is 51.0 Å². The van der Waals surface area contributed by atoms with Crippen LogP contribution >= 0.6 is 11.8 Å². The second-order valence-electron chi connectivity index (χ2n) is 9.79. The molecule has 4 rings (SSSR count). The third-order valence-electron chi connectivity index (χ3n) is 7.34. The van der Waals surface area contributed by atoms with Crippen LogP contribution in [-0.2, 0) is 14.4 Å². The van der Waals surface area contributed by atoms with E-state index in [1.54, 1.807) is 17.0 Å². The molecule has 0 spiro atoms. The summed E-state index contributed by atoms with van der Waals surface area (Å²) in [5.41, 5.74) is 3.02. The smallest absolute Gasteiger partial charge is 0.309 e. The largest absolute Gasteiger partial charge is 0.352 e. The molecule has 2 N–H and O–H groups in total. The van der Waals surface area contributed by atoms with Gasteiger partial charge in [0.15, 0.2) is 5.17 Å². The molecule has 3 amide bonds. The molecule has 3 fully saturated rings. The summed E-state index contributed by atoms with van der Waals surface area (Å²) in [4.78, 5) is 55.7. The number of Topliss-reactive ketones (excluding diaryl/α,β-unsaturated/α-hetero) is 1. The van der Waals surface area contributed by atoms with E-state index in [4.69, 9.17) is 0 Å². The van der Waals surface area contributed by atoms with Crippen LogP contribution in [0, 0.1) is 11.8 Å². The van der Waals surface area contributed by atoms with Crippen molar-refractivity contribution < 1.29 is 19.2 Å². The van der Waals surface area contributed by atoms with Crippen molar-refractivity contribution in [3.05, 3.63) is 35.9 Å². The number of carbonyl (C=O) groups excluding carboxylic acids is 4. The van der Waals surface area contributed by atoms with E-state index in [1.807, 2.05) is 30.1 Å². The Morgan fingerprint density at radius 2 is 1.67 bits per heavy atom. The molecule has 1 saturated carbocycles. The highest BCUT2D eigenvalue weighted by molar-refractivity contribution is 8.14. The Morgan fingerprint density at radius 1 is 0.972 bits per heavy atom. The summed E-state index contributed by atoms with van der Waals surface area (Å²) in [5.74, 6) is -1.18. The third kappa shape index (κ3) is 6.46. The van der Waals surface area contributed by atoms with Gasteiger partial charge in [0.1, 0.15) is 6.04 Å². The van der Waals surface area contributed by atoms with Crippen LogP contribution in [0.25, 0.3) is 0 Å². The van der Waals surface area contributed by atoms with E-state index in [-0.39, 0.29) is 23.7 Å². The standard InChI is InChI=1S/C26H35N5O4S/c1-30-16-17-36-26(30)29-28-24(34)22(32)21(27-23(33)19-8-4-2-5-9-19)18-12-14-31(15-13-18)25(35)20-10-6-3-7-11-20/h3,6-7,10-11,18-19,21H,2,4-5,8-9,12-17H2,1H3,(H,27,33)(H,28,34). The molecule has 0 aromatic heterocycles. The lowest BCUT2D eigenvalue weighted by Crippen LogP contribution is -2.54. The minimum Gasteiger partial charge on any atom is -0.352 e. The Morgan fingerprint density at radius 3 is 2.31 bits per heavy atom. The van der Waals surface area contributed by atoms with Gasteiger partial charge in [-0.25, -0.2) is 5.43 Å². The number of hydrogen-bond donors (Lipinski definition) is 2. The number of nitrogens with one attached hydrogen (secondary N) is 2. The molecule has 2 saturated heterocycles. The van der Waals surface area contributed by atoms with Crippen LogP contribution in [0.2, 0.25) is 0 Å². The van der Waals surface area contributed by atoms with Crippen LogP contribution in [0.15, 0.2) is 35.4 Å². The lowest BCUT2D eigenvalue weighted by Gasteiger charge is -2.36. The zero-order valence-corrected chi connectivity index (χ0v) is 21.6. The van der Waals surface area contributed by atoms with Gasteiger partial charge in [0.2, 0.25) is 11.7 Å². The minimum absolute atomic E-state index is 0.0464. The fraction of sp³-hybridized carbons (Fsp3) is 0.577. The molecule has 3 aliphatic rings. The second-order valence-corrected chi connectivity index (χ2v) is 10.8. The molecule has 1 unspecified atom stereocenters. The summed E-state index contributed by atoms with van der Waals surface area (Å²) in [5, 5.41) is 7.70. The van der Waals surface area contributed by atoms with Gasteiger partial charge in [0, 0.05) is 43.9 Å². The number of likely N-dealkylation sites (tertiary alicyclic amines) is 1. The Kier molecular flexibility index (Phi) is 9.01. The van der Waals surface area contributed by atoms with Crippen molar-refractivity contribution >= 4 is 40.4 Å². The molecule has 0 radical (unpaired) electrons. The van der Waals surface area contributed by atoms with Crippen molar-refractivity contribution in [3.63, 3.8) is 0 Å². The Balaban J connectivity index is 1.42. The highest BCUT2D eigenvalue weighted by atomic mass is 32.2. The van der Waals surface area contributed by atoms with E-state index in [1.165, 1.54) is 11.8 Å². The molecular weight excluding hydrogens is 478 g/mol. The molecule has 1 aliphatic carbocycles. The number of amides is 3. The molecule has 10 heteroatoms. The first kappa shape index (κ1) is 26.2. The Bertz CT molecular complexity index is 987. The Labute approximate surface area is 216 Å². The lowest BCUT2D eigenvalue weighted by atomic mass is 9.84. The number of ketones is 1. The molecule has 1 aromatic rings. The van der Waals surface area contributed by atoms with Gasteiger partial charge >= 0.3 is 5.91 Å². The SMILES string of the molecule is CN1CCSC1=NNC(=O)C(=O)C(NC(=O)C1CCCCC1)C1CCN(C(=O)c2ccccc2)CC1. The van der Waals surface area contributed by atoms with Crippen LogP contribution in [0.4, 0.5) is 0 Å². The van der Waals surface area contributed by atoms with Crippen molar-refractivity contribution in [3.8, 4) is 0 Å². The van der Waals surface area contributed by atoms with Crippen molar-refractivity contribution in [1.29, 1.82) is 0 Å². The number of amidine groups is 1. The summed E-state index contributed by atoms with van der Waals surface area (Å²) in [6.07, 6.45) is 5.79. The normalized spacial score (nSPS) is 21.3. The van der Waals surface area contributed by atoms with E-state index >= 15 is 0 Å². The maximum Gasteiger partial charge on any atom is 0.309 e. The summed E-state index contributed by atoms with van der Waals surface area (Å²) in [7, 11) is 1.88. The molecule has 9 nitrogen and oxygen atoms in total. The highest BCUT2D eigenvalue weighted by Crippen LogP contribution is 2.26. The zero-order valence-electron chi connectivity index (χ0n) is 20.8. The maximum atomic E-state index is 13.3. The summed E-state index contributed by atoms with van der Waals surface area (Å²) in [6, 6.07) is 8.18. The van der Waals surface area contributed by atoms with E-state index in [2.05, 4.69) is 15.8 Å². The predicted octanol–water partition coefficient (Wildman–Crippen LogP) is 2.24. The van der Waals surface area contributed by atoms with Crippen LogP contribution in [0.3, 0.4) is 0 Å². The zero-order chi connectivity index (χ0) is 25.5. The number of hydrogen-bond acceptors (Lipinski definition) is 6. The van der Waals surface area contributed by atoms with Crippen LogP contribution in [-0.4, -0.2) is 76.9 Å². The first-order valence-electron chi connectivity index (χ1n) is 12.8. The van der Waals surface area contributed by atoms with Gasteiger partial charge in [-0.05, 0) is 43.7 Å². The van der Waals surface area contributed by atoms with Crippen LogP contribution < -0.4 is 10.7 Å². The van der Waals surface area contributed by atoms with Gasteiger partial charge in [-0.1, -0.05) is 49.2 Å². The molecule has 2 aliphatic heterocycles. The first-order valence-corrected chi connectivity index (χ1v) is 13.8. The van der Waals surface area contributed by atoms with E-state index in [0.29, 0.717) is 36.7 Å². The molecule has 2 heterocycles. The lowest BCUT2D eigenvalue weighted by molar-refractivity contribution is -0.141. The Hall–Kier alpha value is -2.88. The van der Waals surface area contributed by atoms with E-state index in [0.717, 1.165) is 44.4 Å². The molecule has 1 atom stereocenters. The summed E-state index contributed by atoms with van der Waals surface area (Å²) >= 11 is 1.51. The number of thioether (sulfide) groups is 1. The van der Waals surface area contributed by atoms with Crippen LogP contribution in [0.5, 0.6) is 0 Å². The molecule has 36 heavy (non-hydrogen) atoms. The fourth-order valence-electron chi connectivity index (χ4n) is 5.12. The van der Waals surface area contributed by atoms with Crippen molar-refractivity contribution in [1.82, 2.24) is 20.5 Å². The average molecular weight is 514 g/mol. The number of piperidine rings is 1. The fourth-order valence-corrected chi connectivity index (χ4v) is 6.09. The number of nitrogens with zero attached hydrogens (tertiary/aromatic N) is 3. The topological polar surface area (TPSA) is 111 Å². The first-order chi connectivity index (χ1) is 17.4. The highest BCUT2D eigenvalue weighted by Gasteiger charge is 2.38. The molecule has 1 aromatic carbocycles. The average Bonchev–Trinajstić information content (AvgIpc) is 3.35. The number of carbonyl (C=O) groups is 4. The summed E-state index contributed by atoms with van der Waals surface area (Å²) in [6.45, 7) is 1.76. The molecule has 0 bridgehead atoms. The van der Waals surface area contributed by atoms with Gasteiger partial charge in [0.05, 0.1) is 0 Å². The molecular formula is C26H35N5O4S. The predicted molar refractivity (Wildman–Crippen MR) is 139 cm³/mol.